The standard InChI is InChI=1S/C19H27NO3/c1-21-15-3-4-16-17(11-15)19(12-18(16)22-2)6-8-20(9-7-19)14-5-10-23-13-14/h3-4,11,14,18H,5-10,12-13H2,1-2H3/t14-,18-/m1/s1. The first kappa shape index (κ1) is 15.4. The Kier molecular flexibility index (Phi) is 4.08. The minimum absolute atomic E-state index is 0.234. The third kappa shape index (κ3) is 2.57. The summed E-state index contributed by atoms with van der Waals surface area (Å²) in [5.74, 6) is 0.964. The molecule has 2 atom stereocenters. The van der Waals surface area contributed by atoms with Crippen molar-refractivity contribution >= 4 is 0 Å². The molecular weight excluding hydrogens is 290 g/mol. The van der Waals surface area contributed by atoms with Crippen LogP contribution in [0.25, 0.3) is 0 Å². The molecule has 2 fully saturated rings. The lowest BCUT2D eigenvalue weighted by Crippen LogP contribution is -2.46. The van der Waals surface area contributed by atoms with Gasteiger partial charge in [0.1, 0.15) is 5.75 Å². The lowest BCUT2D eigenvalue weighted by atomic mass is 9.73. The van der Waals surface area contributed by atoms with Crippen molar-refractivity contribution in [2.24, 2.45) is 0 Å². The number of likely N-dealkylation sites (tertiary alicyclic amines) is 1. The number of ether oxygens (including phenoxy) is 3. The van der Waals surface area contributed by atoms with Crippen LogP contribution in [0.3, 0.4) is 0 Å². The van der Waals surface area contributed by atoms with E-state index in [1.54, 1.807) is 7.11 Å². The zero-order valence-corrected chi connectivity index (χ0v) is 14.2. The van der Waals surface area contributed by atoms with Crippen molar-refractivity contribution in [1.82, 2.24) is 4.90 Å². The van der Waals surface area contributed by atoms with Gasteiger partial charge in [0.05, 0.1) is 19.8 Å². The molecule has 3 aliphatic rings. The Morgan fingerprint density at radius 1 is 1.22 bits per heavy atom. The van der Waals surface area contributed by atoms with Crippen LogP contribution < -0.4 is 4.74 Å². The number of fused-ring (bicyclic) bond motifs is 2. The van der Waals surface area contributed by atoms with Gasteiger partial charge in [0.2, 0.25) is 0 Å². The summed E-state index contributed by atoms with van der Waals surface area (Å²) in [5, 5.41) is 0. The molecule has 23 heavy (non-hydrogen) atoms. The summed E-state index contributed by atoms with van der Waals surface area (Å²) in [5.41, 5.74) is 3.09. The van der Waals surface area contributed by atoms with Crippen molar-refractivity contribution in [1.29, 1.82) is 0 Å². The van der Waals surface area contributed by atoms with E-state index in [1.165, 1.54) is 43.5 Å². The Morgan fingerprint density at radius 3 is 2.70 bits per heavy atom. The second-order valence-corrected chi connectivity index (χ2v) is 7.22. The first-order valence-electron chi connectivity index (χ1n) is 8.79. The molecule has 126 valence electrons. The van der Waals surface area contributed by atoms with Gasteiger partial charge in [-0.25, -0.2) is 0 Å². The molecule has 1 aromatic carbocycles. The molecule has 4 nitrogen and oxygen atoms in total. The van der Waals surface area contributed by atoms with Crippen LogP contribution in [0.4, 0.5) is 0 Å². The maximum Gasteiger partial charge on any atom is 0.119 e. The lowest BCUT2D eigenvalue weighted by molar-refractivity contribution is 0.0575. The molecule has 0 aromatic heterocycles. The molecule has 2 heterocycles. The fourth-order valence-electron chi connectivity index (χ4n) is 4.79. The molecule has 0 amide bonds. The quantitative estimate of drug-likeness (QED) is 0.858. The SMILES string of the molecule is COc1ccc2c(c1)C1(CCN([C@@H]3CCOC3)CC1)C[C@H]2OC. The van der Waals surface area contributed by atoms with Crippen molar-refractivity contribution in [2.75, 3.05) is 40.5 Å². The van der Waals surface area contributed by atoms with E-state index in [2.05, 4.69) is 23.1 Å². The first-order valence-corrected chi connectivity index (χ1v) is 8.79. The van der Waals surface area contributed by atoms with Crippen LogP contribution in [-0.4, -0.2) is 51.5 Å². The van der Waals surface area contributed by atoms with Gasteiger partial charge < -0.3 is 14.2 Å². The van der Waals surface area contributed by atoms with E-state index in [1.807, 2.05) is 7.11 Å². The molecule has 1 spiro atoms. The molecule has 2 saturated heterocycles. The predicted octanol–water partition coefficient (Wildman–Crippen LogP) is 2.91. The number of rotatable bonds is 3. The number of benzene rings is 1. The predicted molar refractivity (Wildman–Crippen MR) is 89.1 cm³/mol. The topological polar surface area (TPSA) is 30.9 Å². The van der Waals surface area contributed by atoms with Crippen LogP contribution in [0.15, 0.2) is 18.2 Å². The number of hydrogen-bond acceptors (Lipinski definition) is 4. The van der Waals surface area contributed by atoms with Gasteiger partial charge >= 0.3 is 0 Å². The fraction of sp³-hybridized carbons (Fsp3) is 0.684. The summed E-state index contributed by atoms with van der Waals surface area (Å²) in [6.07, 6.45) is 4.96. The van der Waals surface area contributed by atoms with E-state index < -0.39 is 0 Å². The normalized spacial score (nSPS) is 29.8. The number of hydrogen-bond donors (Lipinski definition) is 0. The fourth-order valence-corrected chi connectivity index (χ4v) is 4.79. The monoisotopic (exact) mass is 317 g/mol. The second-order valence-electron chi connectivity index (χ2n) is 7.22. The molecule has 0 saturated carbocycles. The molecular formula is C19H27NO3. The molecule has 0 N–H and O–H groups in total. The zero-order valence-electron chi connectivity index (χ0n) is 14.2. The van der Waals surface area contributed by atoms with E-state index in [0.717, 1.165) is 25.4 Å². The second kappa shape index (κ2) is 6.08. The van der Waals surface area contributed by atoms with Gasteiger partial charge in [-0.05, 0) is 62.0 Å². The maximum absolute atomic E-state index is 5.79. The van der Waals surface area contributed by atoms with Gasteiger partial charge in [0.25, 0.3) is 0 Å². The summed E-state index contributed by atoms with van der Waals surface area (Å²) in [6, 6.07) is 7.16. The highest BCUT2D eigenvalue weighted by Gasteiger charge is 2.46. The molecule has 4 rings (SSSR count). The van der Waals surface area contributed by atoms with Crippen molar-refractivity contribution < 1.29 is 14.2 Å². The third-order valence-corrected chi connectivity index (χ3v) is 6.22. The highest BCUT2D eigenvalue weighted by atomic mass is 16.5. The van der Waals surface area contributed by atoms with Gasteiger partial charge in [-0.2, -0.15) is 0 Å². The van der Waals surface area contributed by atoms with Gasteiger partial charge in [-0.15, -0.1) is 0 Å². The highest BCUT2D eigenvalue weighted by molar-refractivity contribution is 5.46. The first-order chi connectivity index (χ1) is 11.3. The minimum Gasteiger partial charge on any atom is -0.497 e. The van der Waals surface area contributed by atoms with Crippen molar-refractivity contribution in [3.63, 3.8) is 0 Å². The van der Waals surface area contributed by atoms with Crippen LogP contribution in [0.1, 0.15) is 42.9 Å². The van der Waals surface area contributed by atoms with Crippen LogP contribution >= 0.6 is 0 Å². The summed E-state index contributed by atoms with van der Waals surface area (Å²) >= 11 is 0. The largest absolute Gasteiger partial charge is 0.497 e. The Balaban J connectivity index is 1.58. The van der Waals surface area contributed by atoms with Crippen molar-refractivity contribution in [3.05, 3.63) is 29.3 Å². The highest BCUT2D eigenvalue weighted by Crippen LogP contribution is 2.52. The Bertz CT molecular complexity index is 560. The molecule has 1 aromatic rings. The van der Waals surface area contributed by atoms with Gasteiger partial charge in [-0.1, -0.05) is 6.07 Å². The summed E-state index contributed by atoms with van der Waals surface area (Å²) in [4.78, 5) is 2.64. The Morgan fingerprint density at radius 2 is 2.04 bits per heavy atom. The molecule has 4 heteroatoms. The van der Waals surface area contributed by atoms with Crippen LogP contribution in [-0.2, 0) is 14.9 Å². The summed E-state index contributed by atoms with van der Waals surface area (Å²) in [6.45, 7) is 4.18. The number of nitrogens with zero attached hydrogens (tertiary/aromatic N) is 1. The molecule has 1 aliphatic carbocycles. The lowest BCUT2D eigenvalue weighted by Gasteiger charge is -2.42. The van der Waals surface area contributed by atoms with Crippen LogP contribution in [0.2, 0.25) is 0 Å². The minimum atomic E-state index is 0.234. The smallest absolute Gasteiger partial charge is 0.119 e. The molecule has 0 radical (unpaired) electrons. The average molecular weight is 317 g/mol. The third-order valence-electron chi connectivity index (χ3n) is 6.22. The van der Waals surface area contributed by atoms with E-state index in [4.69, 9.17) is 14.2 Å². The van der Waals surface area contributed by atoms with E-state index in [-0.39, 0.29) is 11.5 Å². The van der Waals surface area contributed by atoms with Crippen LogP contribution in [0, 0.1) is 0 Å². The van der Waals surface area contributed by atoms with Gasteiger partial charge in [0.15, 0.2) is 0 Å². The summed E-state index contributed by atoms with van der Waals surface area (Å²) < 4.78 is 16.8. The number of piperidine rings is 1. The summed E-state index contributed by atoms with van der Waals surface area (Å²) in [7, 11) is 3.59. The van der Waals surface area contributed by atoms with Gasteiger partial charge in [-0.3, -0.25) is 4.90 Å². The average Bonchev–Trinajstić information content (AvgIpc) is 3.23. The maximum atomic E-state index is 5.79. The molecule has 2 aliphatic heterocycles. The van der Waals surface area contributed by atoms with E-state index in [9.17, 15) is 0 Å². The van der Waals surface area contributed by atoms with Gasteiger partial charge in [0, 0.05) is 25.2 Å². The Labute approximate surface area is 138 Å². The van der Waals surface area contributed by atoms with E-state index in [0.29, 0.717) is 6.04 Å². The van der Waals surface area contributed by atoms with Crippen LogP contribution in [0.5, 0.6) is 5.75 Å². The van der Waals surface area contributed by atoms with E-state index >= 15 is 0 Å². The number of methoxy groups -OCH3 is 2. The molecule has 0 bridgehead atoms. The Hall–Kier alpha value is -1.10. The molecule has 0 unspecified atom stereocenters. The zero-order chi connectivity index (χ0) is 15.9. The van der Waals surface area contributed by atoms with Crippen molar-refractivity contribution in [3.8, 4) is 5.75 Å². The van der Waals surface area contributed by atoms with Crippen molar-refractivity contribution in [2.45, 2.75) is 43.2 Å².